The molecule has 0 saturated heterocycles. The minimum absolute atomic E-state index is 0.120. The quantitative estimate of drug-likeness (QED) is 0.461. The van der Waals surface area contributed by atoms with Gasteiger partial charge < -0.3 is 14.6 Å². The molecule has 2 heterocycles. The van der Waals surface area contributed by atoms with Crippen molar-refractivity contribution in [3.8, 4) is 5.75 Å². The summed E-state index contributed by atoms with van der Waals surface area (Å²) in [4.78, 5) is 19.0. The van der Waals surface area contributed by atoms with Crippen LogP contribution in [-0.4, -0.2) is 29.4 Å². The molecule has 3 aromatic carbocycles. The van der Waals surface area contributed by atoms with Crippen molar-refractivity contribution in [3.05, 3.63) is 100 Å². The molecule has 1 aromatic heterocycles. The Morgan fingerprint density at radius 2 is 1.87 bits per heavy atom. The van der Waals surface area contributed by atoms with Crippen LogP contribution in [0.1, 0.15) is 28.4 Å². The van der Waals surface area contributed by atoms with Crippen LogP contribution >= 0.6 is 11.6 Å². The van der Waals surface area contributed by atoms with E-state index >= 15 is 0 Å². The first-order valence-corrected chi connectivity index (χ1v) is 10.8. The molecule has 5 rings (SSSR count). The molecule has 1 atom stereocenters. The molecular formula is C26H23ClN2O2. The van der Waals surface area contributed by atoms with Gasteiger partial charge in [-0.15, -0.1) is 0 Å². The minimum Gasteiger partial charge on any atom is -0.497 e. The highest BCUT2D eigenvalue weighted by atomic mass is 35.5. The maximum Gasteiger partial charge on any atom is 0.227 e. The van der Waals surface area contributed by atoms with Gasteiger partial charge in [0, 0.05) is 28.2 Å². The minimum atomic E-state index is -0.183. The second kappa shape index (κ2) is 8.12. The molecule has 1 aliphatic heterocycles. The molecule has 1 aliphatic rings. The van der Waals surface area contributed by atoms with E-state index in [1.54, 1.807) is 7.11 Å². The highest BCUT2D eigenvalue weighted by Crippen LogP contribution is 2.39. The SMILES string of the molecule is COc1ccc(C2c3[nH]c4ccc(Cl)cc4c3CCN2C(=O)Cc2ccccc2)cc1. The molecule has 0 aliphatic carbocycles. The Hall–Kier alpha value is -3.24. The molecular weight excluding hydrogens is 408 g/mol. The van der Waals surface area contributed by atoms with Crippen LogP contribution in [0, 0.1) is 0 Å². The van der Waals surface area contributed by atoms with Crippen molar-refractivity contribution in [1.29, 1.82) is 0 Å². The number of carbonyl (C=O) groups excluding carboxylic acids is 1. The number of nitrogens with one attached hydrogen (secondary N) is 1. The second-order valence-electron chi connectivity index (χ2n) is 7.88. The van der Waals surface area contributed by atoms with Crippen molar-refractivity contribution in [2.45, 2.75) is 18.9 Å². The van der Waals surface area contributed by atoms with E-state index in [0.717, 1.165) is 44.9 Å². The zero-order valence-corrected chi connectivity index (χ0v) is 18.0. The molecule has 0 radical (unpaired) electrons. The van der Waals surface area contributed by atoms with Gasteiger partial charge in [0.25, 0.3) is 0 Å². The van der Waals surface area contributed by atoms with E-state index in [4.69, 9.17) is 16.3 Å². The summed E-state index contributed by atoms with van der Waals surface area (Å²) in [6.07, 6.45) is 1.18. The lowest BCUT2D eigenvalue weighted by molar-refractivity contribution is -0.132. The molecule has 31 heavy (non-hydrogen) atoms. The fraction of sp³-hybridized carbons (Fsp3) is 0.192. The topological polar surface area (TPSA) is 45.3 Å². The molecule has 4 nitrogen and oxygen atoms in total. The number of aromatic nitrogens is 1. The first-order chi connectivity index (χ1) is 15.1. The van der Waals surface area contributed by atoms with Gasteiger partial charge in [0.2, 0.25) is 5.91 Å². The van der Waals surface area contributed by atoms with Gasteiger partial charge in [-0.2, -0.15) is 0 Å². The first-order valence-electron chi connectivity index (χ1n) is 10.4. The van der Waals surface area contributed by atoms with E-state index in [0.29, 0.717) is 13.0 Å². The molecule has 1 N–H and O–H groups in total. The number of fused-ring (bicyclic) bond motifs is 3. The average Bonchev–Trinajstić information content (AvgIpc) is 3.17. The number of benzene rings is 3. The Morgan fingerprint density at radius 1 is 1.10 bits per heavy atom. The number of H-pyrrole nitrogens is 1. The fourth-order valence-electron chi connectivity index (χ4n) is 4.53. The summed E-state index contributed by atoms with van der Waals surface area (Å²) in [5.41, 5.74) is 5.43. The lowest BCUT2D eigenvalue weighted by Crippen LogP contribution is -2.41. The van der Waals surface area contributed by atoms with Crippen LogP contribution in [0.2, 0.25) is 5.02 Å². The van der Waals surface area contributed by atoms with E-state index in [9.17, 15) is 4.79 Å². The van der Waals surface area contributed by atoms with Crippen molar-refractivity contribution in [2.24, 2.45) is 0 Å². The largest absolute Gasteiger partial charge is 0.497 e. The lowest BCUT2D eigenvalue weighted by atomic mass is 9.91. The summed E-state index contributed by atoms with van der Waals surface area (Å²) >= 11 is 6.28. The number of hydrogen-bond donors (Lipinski definition) is 1. The predicted octanol–water partition coefficient (Wildman–Crippen LogP) is 5.55. The third-order valence-electron chi connectivity index (χ3n) is 6.04. The third kappa shape index (κ3) is 3.68. The molecule has 1 amide bonds. The summed E-state index contributed by atoms with van der Waals surface area (Å²) in [6.45, 7) is 0.662. The van der Waals surface area contributed by atoms with E-state index in [1.807, 2.05) is 77.7 Å². The van der Waals surface area contributed by atoms with Crippen LogP contribution in [0.25, 0.3) is 10.9 Å². The number of aromatic amines is 1. The molecule has 4 aromatic rings. The van der Waals surface area contributed by atoms with Crippen LogP contribution in [0.4, 0.5) is 0 Å². The standard InChI is InChI=1S/C26H23ClN2O2/c1-31-20-10-7-18(8-11-20)26-25-21(22-16-19(27)9-12-23(22)28-25)13-14-29(26)24(30)15-17-5-3-2-4-6-17/h2-12,16,26,28H,13-15H2,1H3. The Morgan fingerprint density at radius 3 is 2.61 bits per heavy atom. The van der Waals surface area contributed by atoms with Crippen LogP contribution in [0.15, 0.2) is 72.8 Å². The monoisotopic (exact) mass is 430 g/mol. The Bertz CT molecular complexity index is 1230. The van der Waals surface area contributed by atoms with Crippen molar-refractivity contribution < 1.29 is 9.53 Å². The van der Waals surface area contributed by atoms with E-state index < -0.39 is 0 Å². The summed E-state index contributed by atoms with van der Waals surface area (Å²) in [7, 11) is 1.66. The van der Waals surface area contributed by atoms with E-state index in [1.165, 1.54) is 5.56 Å². The number of methoxy groups -OCH3 is 1. The fourth-order valence-corrected chi connectivity index (χ4v) is 4.71. The molecule has 0 spiro atoms. The number of nitrogens with zero attached hydrogens (tertiary/aromatic N) is 1. The number of carbonyl (C=O) groups is 1. The van der Waals surface area contributed by atoms with Crippen molar-refractivity contribution in [1.82, 2.24) is 9.88 Å². The van der Waals surface area contributed by atoms with Gasteiger partial charge in [-0.1, -0.05) is 54.1 Å². The molecule has 0 fully saturated rings. The number of halogens is 1. The summed E-state index contributed by atoms with van der Waals surface area (Å²) in [5, 5.41) is 1.86. The molecule has 0 bridgehead atoms. The Kier molecular flexibility index (Phi) is 5.16. The zero-order chi connectivity index (χ0) is 21.4. The molecule has 156 valence electrons. The van der Waals surface area contributed by atoms with Crippen LogP contribution in [-0.2, 0) is 17.6 Å². The summed E-state index contributed by atoms with van der Waals surface area (Å²) < 4.78 is 5.34. The Labute approximate surface area is 186 Å². The second-order valence-corrected chi connectivity index (χ2v) is 8.32. The van der Waals surface area contributed by atoms with Crippen LogP contribution < -0.4 is 4.74 Å². The van der Waals surface area contributed by atoms with Crippen molar-refractivity contribution in [3.63, 3.8) is 0 Å². The predicted molar refractivity (Wildman–Crippen MR) is 124 cm³/mol. The van der Waals surface area contributed by atoms with Gasteiger partial charge in [0.05, 0.1) is 19.6 Å². The zero-order valence-electron chi connectivity index (χ0n) is 17.3. The Balaban J connectivity index is 1.59. The van der Waals surface area contributed by atoms with Gasteiger partial charge >= 0.3 is 0 Å². The van der Waals surface area contributed by atoms with Gasteiger partial charge in [0.1, 0.15) is 5.75 Å². The smallest absolute Gasteiger partial charge is 0.227 e. The normalized spacial score (nSPS) is 15.7. The van der Waals surface area contributed by atoms with Crippen molar-refractivity contribution >= 4 is 28.4 Å². The first kappa shape index (κ1) is 19.7. The maximum absolute atomic E-state index is 13.4. The number of rotatable bonds is 4. The van der Waals surface area contributed by atoms with Gasteiger partial charge in [0.15, 0.2) is 0 Å². The van der Waals surface area contributed by atoms with Crippen LogP contribution in [0.3, 0.4) is 0 Å². The lowest BCUT2D eigenvalue weighted by Gasteiger charge is -2.36. The maximum atomic E-state index is 13.4. The van der Waals surface area contributed by atoms with E-state index in [2.05, 4.69) is 4.98 Å². The number of hydrogen-bond acceptors (Lipinski definition) is 2. The molecule has 1 unspecified atom stereocenters. The highest BCUT2D eigenvalue weighted by molar-refractivity contribution is 6.31. The van der Waals surface area contributed by atoms with Gasteiger partial charge in [-0.3, -0.25) is 4.79 Å². The van der Waals surface area contributed by atoms with Gasteiger partial charge in [-0.25, -0.2) is 0 Å². The molecule has 0 saturated carbocycles. The molecule has 5 heteroatoms. The van der Waals surface area contributed by atoms with Crippen molar-refractivity contribution in [2.75, 3.05) is 13.7 Å². The third-order valence-corrected chi connectivity index (χ3v) is 6.27. The average molecular weight is 431 g/mol. The van der Waals surface area contributed by atoms with Crippen LogP contribution in [0.5, 0.6) is 5.75 Å². The van der Waals surface area contributed by atoms with Gasteiger partial charge in [-0.05, 0) is 53.4 Å². The highest BCUT2D eigenvalue weighted by Gasteiger charge is 2.34. The summed E-state index contributed by atoms with van der Waals surface area (Å²) in [6, 6.07) is 23.6. The number of amides is 1. The van der Waals surface area contributed by atoms with E-state index in [-0.39, 0.29) is 11.9 Å². The number of ether oxygens (including phenoxy) is 1. The summed E-state index contributed by atoms with van der Waals surface area (Å²) in [5.74, 6) is 0.916.